The van der Waals surface area contributed by atoms with Crippen molar-refractivity contribution in [3.63, 3.8) is 0 Å². The summed E-state index contributed by atoms with van der Waals surface area (Å²) in [4.78, 5) is 23.7. The molecule has 3 aromatic rings. The van der Waals surface area contributed by atoms with Crippen molar-refractivity contribution in [2.24, 2.45) is 0 Å². The highest BCUT2D eigenvalue weighted by Gasteiger charge is 2.20. The summed E-state index contributed by atoms with van der Waals surface area (Å²) in [6.45, 7) is 0. The number of methoxy groups -OCH3 is 2. The number of carbonyl (C=O) groups excluding carboxylic acids is 2. The van der Waals surface area contributed by atoms with Crippen molar-refractivity contribution in [1.29, 1.82) is 0 Å². The van der Waals surface area contributed by atoms with Gasteiger partial charge in [0.05, 0.1) is 14.2 Å². The molecule has 22 heavy (non-hydrogen) atoms. The first-order chi connectivity index (χ1) is 10.7. The number of aromatic nitrogens is 2. The van der Waals surface area contributed by atoms with Crippen LogP contribution in [0.2, 0.25) is 0 Å². The lowest BCUT2D eigenvalue weighted by atomic mass is 10.0. The second-order valence-electron chi connectivity index (χ2n) is 4.63. The number of hydrogen-bond donors (Lipinski definition) is 0. The molecule has 3 rings (SSSR count). The molecule has 6 heteroatoms. The molecule has 0 atom stereocenters. The third-order valence-electron chi connectivity index (χ3n) is 3.40. The van der Waals surface area contributed by atoms with Crippen LogP contribution in [0.5, 0.6) is 0 Å². The van der Waals surface area contributed by atoms with E-state index < -0.39 is 11.9 Å². The van der Waals surface area contributed by atoms with E-state index in [0.717, 1.165) is 10.8 Å². The number of hydrogen-bond acceptors (Lipinski definition) is 6. The molecule has 0 N–H and O–H groups in total. The Morgan fingerprint density at radius 2 is 1.23 bits per heavy atom. The van der Waals surface area contributed by atoms with Gasteiger partial charge in [-0.2, -0.15) is 0 Å². The van der Waals surface area contributed by atoms with E-state index >= 15 is 0 Å². The topological polar surface area (TPSA) is 78.4 Å². The van der Waals surface area contributed by atoms with Crippen LogP contribution in [0.15, 0.2) is 36.4 Å². The molecule has 0 amide bonds. The van der Waals surface area contributed by atoms with E-state index in [1.165, 1.54) is 14.2 Å². The first-order valence-electron chi connectivity index (χ1n) is 6.51. The number of nitrogens with zero attached hydrogens (tertiary/aromatic N) is 2. The standard InChI is InChI=1S/C16H12N2O4/c1-21-15(19)13-11-7-9-5-3-4-6-10(9)8-12(11)14(18-17-13)16(20)22-2/h3-8H,1-2H3. The summed E-state index contributed by atoms with van der Waals surface area (Å²) in [6, 6.07) is 11.2. The normalized spacial score (nSPS) is 10.6. The van der Waals surface area contributed by atoms with Crippen molar-refractivity contribution in [2.75, 3.05) is 14.2 Å². The third-order valence-corrected chi connectivity index (χ3v) is 3.40. The lowest BCUT2D eigenvalue weighted by Crippen LogP contribution is -2.12. The monoisotopic (exact) mass is 296 g/mol. The minimum absolute atomic E-state index is 0.0657. The van der Waals surface area contributed by atoms with Gasteiger partial charge in [0.2, 0.25) is 0 Å². The van der Waals surface area contributed by atoms with Crippen LogP contribution in [0, 0.1) is 0 Å². The number of carbonyl (C=O) groups is 2. The zero-order chi connectivity index (χ0) is 15.7. The molecule has 0 radical (unpaired) electrons. The summed E-state index contributed by atoms with van der Waals surface area (Å²) < 4.78 is 9.45. The molecule has 0 spiro atoms. The molecule has 1 aromatic heterocycles. The van der Waals surface area contributed by atoms with E-state index in [4.69, 9.17) is 9.47 Å². The molecule has 1 heterocycles. The molecule has 0 saturated heterocycles. The van der Waals surface area contributed by atoms with Gasteiger partial charge in [-0.3, -0.25) is 0 Å². The second-order valence-corrected chi connectivity index (χ2v) is 4.63. The summed E-state index contributed by atoms with van der Waals surface area (Å²) >= 11 is 0. The summed E-state index contributed by atoms with van der Waals surface area (Å²) in [6.07, 6.45) is 0. The van der Waals surface area contributed by atoms with Crippen LogP contribution in [0.3, 0.4) is 0 Å². The van der Waals surface area contributed by atoms with Crippen LogP contribution in [0.1, 0.15) is 21.0 Å². The fraction of sp³-hybridized carbons (Fsp3) is 0.125. The van der Waals surface area contributed by atoms with Crippen LogP contribution in [0.4, 0.5) is 0 Å². The smallest absolute Gasteiger partial charge is 0.359 e. The van der Waals surface area contributed by atoms with Gasteiger partial charge >= 0.3 is 11.9 Å². The van der Waals surface area contributed by atoms with Crippen molar-refractivity contribution >= 4 is 33.5 Å². The van der Waals surface area contributed by atoms with Crippen molar-refractivity contribution in [3.8, 4) is 0 Å². The summed E-state index contributed by atoms with van der Waals surface area (Å²) in [5.41, 5.74) is 0.131. The minimum Gasteiger partial charge on any atom is -0.464 e. The van der Waals surface area contributed by atoms with Gasteiger partial charge in [-0.1, -0.05) is 24.3 Å². The predicted molar refractivity (Wildman–Crippen MR) is 79.7 cm³/mol. The van der Waals surface area contributed by atoms with Gasteiger partial charge < -0.3 is 9.47 Å². The van der Waals surface area contributed by atoms with Gasteiger partial charge in [0.15, 0.2) is 11.4 Å². The molecule has 0 bridgehead atoms. The van der Waals surface area contributed by atoms with E-state index in [1.54, 1.807) is 12.1 Å². The van der Waals surface area contributed by atoms with Crippen LogP contribution < -0.4 is 0 Å². The van der Waals surface area contributed by atoms with Crippen molar-refractivity contribution in [3.05, 3.63) is 47.8 Å². The maximum atomic E-state index is 11.9. The predicted octanol–water partition coefficient (Wildman–Crippen LogP) is 2.36. The van der Waals surface area contributed by atoms with E-state index in [9.17, 15) is 9.59 Å². The minimum atomic E-state index is -0.607. The quantitative estimate of drug-likeness (QED) is 0.533. The van der Waals surface area contributed by atoms with E-state index in [-0.39, 0.29) is 11.4 Å². The highest BCUT2D eigenvalue weighted by Crippen LogP contribution is 2.26. The van der Waals surface area contributed by atoms with Crippen molar-refractivity contribution in [2.45, 2.75) is 0 Å². The highest BCUT2D eigenvalue weighted by atomic mass is 16.5. The van der Waals surface area contributed by atoms with Crippen LogP contribution in [-0.4, -0.2) is 36.4 Å². The van der Waals surface area contributed by atoms with Crippen molar-refractivity contribution < 1.29 is 19.1 Å². The molecule has 0 unspecified atom stereocenters. The average Bonchev–Trinajstić information content (AvgIpc) is 2.57. The Balaban J connectivity index is 2.43. The molecule has 6 nitrogen and oxygen atoms in total. The Morgan fingerprint density at radius 3 is 1.59 bits per heavy atom. The number of rotatable bonds is 2. The molecule has 0 aliphatic rings. The highest BCUT2D eigenvalue weighted by molar-refractivity contribution is 6.12. The van der Waals surface area contributed by atoms with Gasteiger partial charge in [-0.15, -0.1) is 10.2 Å². The van der Waals surface area contributed by atoms with Crippen LogP contribution in [-0.2, 0) is 9.47 Å². The van der Waals surface area contributed by atoms with Gasteiger partial charge in [0.25, 0.3) is 0 Å². The summed E-state index contributed by atoms with van der Waals surface area (Å²) in [5, 5.41) is 10.5. The second kappa shape index (κ2) is 5.40. The van der Waals surface area contributed by atoms with Crippen molar-refractivity contribution in [1.82, 2.24) is 10.2 Å². The lowest BCUT2D eigenvalue weighted by Gasteiger charge is -2.08. The number of benzene rings is 2. The number of fused-ring (bicyclic) bond motifs is 2. The zero-order valence-electron chi connectivity index (χ0n) is 12.0. The van der Waals surface area contributed by atoms with E-state index in [1.807, 2.05) is 24.3 Å². The van der Waals surface area contributed by atoms with Gasteiger partial charge in [-0.25, -0.2) is 9.59 Å². The van der Waals surface area contributed by atoms with E-state index in [0.29, 0.717) is 10.8 Å². The Labute approximate surface area is 125 Å². The lowest BCUT2D eigenvalue weighted by molar-refractivity contribution is 0.0577. The first kappa shape index (κ1) is 13.9. The van der Waals surface area contributed by atoms with Gasteiger partial charge in [0, 0.05) is 10.8 Å². The van der Waals surface area contributed by atoms with Gasteiger partial charge in [-0.05, 0) is 22.9 Å². The fourth-order valence-corrected chi connectivity index (χ4v) is 2.33. The third kappa shape index (κ3) is 2.14. The Hall–Kier alpha value is -3.02. The molecule has 0 aliphatic heterocycles. The Bertz CT molecular complexity index is 831. The molecule has 0 saturated carbocycles. The zero-order valence-corrected chi connectivity index (χ0v) is 12.0. The summed E-state index contributed by atoms with van der Waals surface area (Å²) in [7, 11) is 2.54. The largest absolute Gasteiger partial charge is 0.464 e. The van der Waals surface area contributed by atoms with Crippen LogP contribution >= 0.6 is 0 Å². The van der Waals surface area contributed by atoms with Gasteiger partial charge in [0.1, 0.15) is 0 Å². The number of esters is 2. The maximum Gasteiger partial charge on any atom is 0.359 e. The molecule has 2 aromatic carbocycles. The Morgan fingerprint density at radius 1 is 0.818 bits per heavy atom. The molecular formula is C16H12N2O4. The molecular weight excluding hydrogens is 284 g/mol. The fourth-order valence-electron chi connectivity index (χ4n) is 2.33. The molecule has 110 valence electrons. The molecule has 0 aliphatic carbocycles. The van der Waals surface area contributed by atoms with E-state index in [2.05, 4.69) is 10.2 Å². The molecule has 0 fully saturated rings. The maximum absolute atomic E-state index is 11.9. The SMILES string of the molecule is COC(=O)c1nnc(C(=O)OC)c2cc3ccccc3cc12. The average molecular weight is 296 g/mol. The summed E-state index contributed by atoms with van der Waals surface area (Å²) in [5.74, 6) is -1.21. The number of ether oxygens (including phenoxy) is 2. The first-order valence-corrected chi connectivity index (χ1v) is 6.51. The Kier molecular flexibility index (Phi) is 3.42. The van der Waals surface area contributed by atoms with Crippen LogP contribution in [0.25, 0.3) is 21.5 Å².